The molecule has 0 aromatic heterocycles. The van der Waals surface area contributed by atoms with E-state index in [2.05, 4.69) is 13.8 Å². The molecule has 0 heterocycles. The Hall–Kier alpha value is -0.0800. The summed E-state index contributed by atoms with van der Waals surface area (Å²) in [6.07, 6.45) is 4.58. The molecule has 14 heavy (non-hydrogen) atoms. The van der Waals surface area contributed by atoms with Crippen LogP contribution in [0.4, 0.5) is 0 Å². The van der Waals surface area contributed by atoms with Crippen LogP contribution in [0.1, 0.15) is 39.5 Å². The van der Waals surface area contributed by atoms with Crippen molar-refractivity contribution in [1.29, 1.82) is 0 Å². The van der Waals surface area contributed by atoms with Gasteiger partial charge >= 0.3 is 0 Å². The van der Waals surface area contributed by atoms with E-state index in [0.717, 1.165) is 18.3 Å². The third-order valence-electron chi connectivity index (χ3n) is 3.24. The molecule has 2 nitrogen and oxygen atoms in total. The Morgan fingerprint density at radius 3 is 2.29 bits per heavy atom. The second-order valence-corrected chi connectivity index (χ2v) is 5.13. The van der Waals surface area contributed by atoms with E-state index < -0.39 is 0 Å². The number of hydrogen-bond acceptors (Lipinski definition) is 2. The van der Waals surface area contributed by atoms with Gasteiger partial charge in [-0.15, -0.1) is 0 Å². The van der Waals surface area contributed by atoms with Crippen LogP contribution in [0.2, 0.25) is 0 Å². The molecule has 0 aromatic rings. The standard InChI is InChI=1S/C12H24O2/c1-9-4-10(2)6-11(5-9)7-12(13)8-14-3/h9-13H,4-8H2,1-3H3. The maximum Gasteiger partial charge on any atom is 0.0776 e. The zero-order valence-corrected chi connectivity index (χ0v) is 9.70. The summed E-state index contributed by atoms with van der Waals surface area (Å²) in [5, 5.41) is 9.65. The van der Waals surface area contributed by atoms with Crippen LogP contribution < -0.4 is 0 Å². The van der Waals surface area contributed by atoms with Crippen LogP contribution >= 0.6 is 0 Å². The third kappa shape index (κ3) is 3.97. The molecule has 0 radical (unpaired) electrons. The van der Waals surface area contributed by atoms with Crippen LogP contribution in [-0.4, -0.2) is 24.9 Å². The Morgan fingerprint density at radius 1 is 1.21 bits per heavy atom. The monoisotopic (exact) mass is 200 g/mol. The van der Waals surface area contributed by atoms with Crippen LogP contribution in [0, 0.1) is 17.8 Å². The molecule has 1 saturated carbocycles. The number of rotatable bonds is 4. The van der Waals surface area contributed by atoms with Crippen molar-refractivity contribution >= 4 is 0 Å². The lowest BCUT2D eigenvalue weighted by Gasteiger charge is -2.32. The van der Waals surface area contributed by atoms with Gasteiger partial charge in [0.2, 0.25) is 0 Å². The van der Waals surface area contributed by atoms with Crippen molar-refractivity contribution in [2.24, 2.45) is 17.8 Å². The van der Waals surface area contributed by atoms with E-state index in [1.165, 1.54) is 19.3 Å². The first kappa shape index (κ1) is 12.0. The molecule has 0 amide bonds. The lowest BCUT2D eigenvalue weighted by atomic mass is 9.75. The fraction of sp³-hybridized carbons (Fsp3) is 1.00. The first-order chi connectivity index (χ1) is 6.61. The molecule has 3 unspecified atom stereocenters. The summed E-state index contributed by atoms with van der Waals surface area (Å²) >= 11 is 0. The van der Waals surface area contributed by atoms with Gasteiger partial charge in [0.25, 0.3) is 0 Å². The summed E-state index contributed by atoms with van der Waals surface area (Å²) in [6, 6.07) is 0. The SMILES string of the molecule is COCC(O)CC1CC(C)CC(C)C1. The summed E-state index contributed by atoms with van der Waals surface area (Å²) in [5.74, 6) is 2.37. The van der Waals surface area contributed by atoms with Crippen molar-refractivity contribution in [3.8, 4) is 0 Å². The van der Waals surface area contributed by atoms with Crippen LogP contribution in [-0.2, 0) is 4.74 Å². The smallest absolute Gasteiger partial charge is 0.0776 e. The Morgan fingerprint density at radius 2 is 1.79 bits per heavy atom. The highest BCUT2D eigenvalue weighted by Crippen LogP contribution is 2.35. The van der Waals surface area contributed by atoms with Crippen molar-refractivity contribution in [1.82, 2.24) is 0 Å². The van der Waals surface area contributed by atoms with Crippen molar-refractivity contribution in [2.75, 3.05) is 13.7 Å². The van der Waals surface area contributed by atoms with Gasteiger partial charge in [-0.3, -0.25) is 0 Å². The van der Waals surface area contributed by atoms with Crippen molar-refractivity contribution in [3.05, 3.63) is 0 Å². The predicted molar refractivity (Wildman–Crippen MR) is 58.2 cm³/mol. The molecule has 0 aliphatic heterocycles. The molecule has 3 atom stereocenters. The Kier molecular flexibility index (Phi) is 4.90. The lowest BCUT2D eigenvalue weighted by Crippen LogP contribution is -2.25. The van der Waals surface area contributed by atoms with E-state index in [-0.39, 0.29) is 6.10 Å². The molecule has 0 bridgehead atoms. The first-order valence-corrected chi connectivity index (χ1v) is 5.78. The van der Waals surface area contributed by atoms with Crippen molar-refractivity contribution in [3.63, 3.8) is 0 Å². The maximum atomic E-state index is 9.65. The normalized spacial score (nSPS) is 35.6. The molecule has 0 saturated heterocycles. The lowest BCUT2D eigenvalue weighted by molar-refractivity contribution is 0.0373. The first-order valence-electron chi connectivity index (χ1n) is 5.78. The number of hydrogen-bond donors (Lipinski definition) is 1. The minimum atomic E-state index is -0.262. The number of methoxy groups -OCH3 is 1. The van der Waals surface area contributed by atoms with Crippen LogP contribution in [0.25, 0.3) is 0 Å². The Bertz CT molecular complexity index is 148. The van der Waals surface area contributed by atoms with Gasteiger partial charge in [0.15, 0.2) is 0 Å². The Labute approximate surface area is 87.7 Å². The van der Waals surface area contributed by atoms with Gasteiger partial charge < -0.3 is 9.84 Å². The zero-order chi connectivity index (χ0) is 10.6. The largest absolute Gasteiger partial charge is 0.391 e. The highest BCUT2D eigenvalue weighted by molar-refractivity contribution is 4.76. The molecule has 0 spiro atoms. The van der Waals surface area contributed by atoms with Gasteiger partial charge in [0.1, 0.15) is 0 Å². The zero-order valence-electron chi connectivity index (χ0n) is 9.70. The summed E-state index contributed by atoms with van der Waals surface area (Å²) in [7, 11) is 1.65. The summed E-state index contributed by atoms with van der Waals surface area (Å²) in [5.41, 5.74) is 0. The van der Waals surface area contributed by atoms with Gasteiger partial charge in [-0.1, -0.05) is 13.8 Å². The fourth-order valence-corrected chi connectivity index (χ4v) is 2.95. The molecule has 1 N–H and O–H groups in total. The molecular weight excluding hydrogens is 176 g/mol. The van der Waals surface area contributed by atoms with Crippen LogP contribution in [0.3, 0.4) is 0 Å². The minimum Gasteiger partial charge on any atom is -0.391 e. The second kappa shape index (κ2) is 5.72. The Balaban J connectivity index is 2.29. The molecule has 1 fully saturated rings. The van der Waals surface area contributed by atoms with Gasteiger partial charge in [0.05, 0.1) is 12.7 Å². The second-order valence-electron chi connectivity index (χ2n) is 5.13. The molecule has 84 valence electrons. The minimum absolute atomic E-state index is 0.262. The fourth-order valence-electron chi connectivity index (χ4n) is 2.95. The summed E-state index contributed by atoms with van der Waals surface area (Å²) in [6.45, 7) is 5.13. The van der Waals surface area contributed by atoms with Gasteiger partial charge in [-0.25, -0.2) is 0 Å². The van der Waals surface area contributed by atoms with Crippen molar-refractivity contribution in [2.45, 2.75) is 45.6 Å². The van der Waals surface area contributed by atoms with Crippen molar-refractivity contribution < 1.29 is 9.84 Å². The third-order valence-corrected chi connectivity index (χ3v) is 3.24. The molecular formula is C12H24O2. The molecule has 0 aromatic carbocycles. The average molecular weight is 200 g/mol. The molecule has 1 aliphatic carbocycles. The van der Waals surface area contributed by atoms with E-state index >= 15 is 0 Å². The van der Waals surface area contributed by atoms with Crippen LogP contribution in [0.15, 0.2) is 0 Å². The number of aliphatic hydroxyl groups is 1. The van der Waals surface area contributed by atoms with E-state index in [1.807, 2.05) is 0 Å². The molecule has 1 aliphatic rings. The summed E-state index contributed by atoms with van der Waals surface area (Å²) < 4.78 is 4.95. The average Bonchev–Trinajstić information content (AvgIpc) is 2.01. The van der Waals surface area contributed by atoms with Gasteiger partial charge in [-0.05, 0) is 43.4 Å². The van der Waals surface area contributed by atoms with E-state index in [0.29, 0.717) is 12.5 Å². The molecule has 1 rings (SSSR count). The number of ether oxygens (including phenoxy) is 1. The van der Waals surface area contributed by atoms with Crippen LogP contribution in [0.5, 0.6) is 0 Å². The van der Waals surface area contributed by atoms with Gasteiger partial charge in [0, 0.05) is 7.11 Å². The highest BCUT2D eigenvalue weighted by Gasteiger charge is 2.25. The summed E-state index contributed by atoms with van der Waals surface area (Å²) in [4.78, 5) is 0. The highest BCUT2D eigenvalue weighted by atomic mass is 16.5. The van der Waals surface area contributed by atoms with E-state index in [1.54, 1.807) is 7.11 Å². The van der Waals surface area contributed by atoms with E-state index in [9.17, 15) is 5.11 Å². The van der Waals surface area contributed by atoms with Gasteiger partial charge in [-0.2, -0.15) is 0 Å². The quantitative estimate of drug-likeness (QED) is 0.755. The topological polar surface area (TPSA) is 29.5 Å². The predicted octanol–water partition coefficient (Wildman–Crippen LogP) is 2.46. The maximum absolute atomic E-state index is 9.65. The molecule has 2 heteroatoms. The number of aliphatic hydroxyl groups excluding tert-OH is 1. The van der Waals surface area contributed by atoms with E-state index in [4.69, 9.17) is 4.74 Å².